The Morgan fingerprint density at radius 1 is 1.50 bits per heavy atom. The minimum absolute atomic E-state index is 0.311. The first kappa shape index (κ1) is 14.5. The molecule has 1 unspecified atom stereocenters. The summed E-state index contributed by atoms with van der Waals surface area (Å²) in [4.78, 5) is 12.0. The molecule has 0 aromatic carbocycles. The molecule has 1 N–H and O–H groups in total. The Morgan fingerprint density at radius 2 is 2.17 bits per heavy atom. The van der Waals surface area contributed by atoms with Gasteiger partial charge in [0.15, 0.2) is 0 Å². The zero-order valence-corrected chi connectivity index (χ0v) is 11.6. The number of carbonyl (C=O) groups is 1. The predicted molar refractivity (Wildman–Crippen MR) is 67.5 cm³/mol. The number of nitrogens with one attached hydrogen (secondary N) is 1. The Kier molecular flexibility index (Phi) is 5.15. The third-order valence-corrected chi connectivity index (χ3v) is 2.63. The molecule has 0 aliphatic carbocycles. The topological polar surface area (TPSA) is 65.4 Å². The number of methoxy groups -OCH3 is 1. The lowest BCUT2D eigenvalue weighted by atomic mass is 10.1. The monoisotopic (exact) mass is 255 g/mol. The van der Waals surface area contributed by atoms with E-state index in [1.807, 2.05) is 13.8 Å². The number of aromatic nitrogens is 2. The van der Waals surface area contributed by atoms with Crippen LogP contribution in [0.25, 0.3) is 0 Å². The highest BCUT2D eigenvalue weighted by molar-refractivity contribution is 5.79. The average Bonchev–Trinajstić information content (AvgIpc) is 2.60. The number of esters is 1. The highest BCUT2D eigenvalue weighted by atomic mass is 16.5. The molecule has 1 atom stereocenters. The molecule has 0 saturated heterocycles. The van der Waals surface area contributed by atoms with Crippen molar-refractivity contribution in [1.82, 2.24) is 15.1 Å². The lowest BCUT2D eigenvalue weighted by molar-refractivity contribution is -0.145. The van der Waals surface area contributed by atoms with Crippen molar-refractivity contribution in [3.63, 3.8) is 0 Å². The average molecular weight is 255 g/mol. The largest absolute Gasteiger partial charge is 0.481 e. The summed E-state index contributed by atoms with van der Waals surface area (Å²) in [7, 11) is 3.34. The molecule has 0 aliphatic heterocycles. The van der Waals surface area contributed by atoms with Crippen LogP contribution in [0.3, 0.4) is 0 Å². The molecule has 18 heavy (non-hydrogen) atoms. The van der Waals surface area contributed by atoms with E-state index in [1.165, 1.54) is 0 Å². The summed E-state index contributed by atoms with van der Waals surface area (Å²) in [6, 6.07) is -0.543. The van der Waals surface area contributed by atoms with Gasteiger partial charge in [-0.3, -0.25) is 0 Å². The zero-order valence-electron chi connectivity index (χ0n) is 11.6. The SMILES string of the molecule is CCNC(C(=O)OCC)c1c(C)nn(C)c1OC. The quantitative estimate of drug-likeness (QED) is 0.767. The summed E-state index contributed by atoms with van der Waals surface area (Å²) >= 11 is 0. The van der Waals surface area contributed by atoms with E-state index in [9.17, 15) is 4.79 Å². The number of carbonyl (C=O) groups excluding carboxylic acids is 1. The molecular formula is C12H21N3O3. The van der Waals surface area contributed by atoms with Crippen LogP contribution >= 0.6 is 0 Å². The second-order valence-electron chi connectivity index (χ2n) is 3.87. The molecule has 1 aromatic rings. The van der Waals surface area contributed by atoms with Crippen molar-refractivity contribution < 1.29 is 14.3 Å². The van der Waals surface area contributed by atoms with Crippen LogP contribution in [0.15, 0.2) is 0 Å². The van der Waals surface area contributed by atoms with Gasteiger partial charge >= 0.3 is 5.97 Å². The number of nitrogens with zero attached hydrogens (tertiary/aromatic N) is 2. The first-order chi connectivity index (χ1) is 8.56. The molecule has 6 heteroatoms. The smallest absolute Gasteiger partial charge is 0.328 e. The van der Waals surface area contributed by atoms with E-state index >= 15 is 0 Å². The molecule has 0 aliphatic rings. The van der Waals surface area contributed by atoms with Gasteiger partial charge in [-0.05, 0) is 20.4 Å². The van der Waals surface area contributed by atoms with E-state index in [-0.39, 0.29) is 5.97 Å². The van der Waals surface area contributed by atoms with Gasteiger partial charge in [0, 0.05) is 7.05 Å². The first-order valence-corrected chi connectivity index (χ1v) is 6.04. The summed E-state index contributed by atoms with van der Waals surface area (Å²) < 4.78 is 12.0. The maximum atomic E-state index is 12.0. The van der Waals surface area contributed by atoms with Crippen LogP contribution < -0.4 is 10.1 Å². The summed E-state index contributed by atoms with van der Waals surface area (Å²) in [5, 5.41) is 7.38. The number of hydrogen-bond acceptors (Lipinski definition) is 5. The number of aryl methyl sites for hydroxylation is 2. The summed E-state index contributed by atoms with van der Waals surface area (Å²) in [6.45, 7) is 6.57. The molecule has 0 saturated carbocycles. The maximum Gasteiger partial charge on any atom is 0.328 e. The fraction of sp³-hybridized carbons (Fsp3) is 0.667. The molecule has 0 amide bonds. The highest BCUT2D eigenvalue weighted by Gasteiger charge is 2.29. The second-order valence-corrected chi connectivity index (χ2v) is 3.87. The Balaban J connectivity index is 3.16. The minimum atomic E-state index is -0.543. The number of likely N-dealkylation sites (N-methyl/N-ethyl adjacent to an activating group) is 1. The fourth-order valence-electron chi connectivity index (χ4n) is 1.96. The van der Waals surface area contributed by atoms with Gasteiger partial charge < -0.3 is 14.8 Å². The van der Waals surface area contributed by atoms with Crippen LogP contribution in [0.2, 0.25) is 0 Å². The van der Waals surface area contributed by atoms with Crippen LogP contribution in [0.5, 0.6) is 5.88 Å². The summed E-state index contributed by atoms with van der Waals surface area (Å²) in [5.74, 6) is 0.264. The Labute approximate surface area is 107 Å². The summed E-state index contributed by atoms with van der Waals surface area (Å²) in [6.07, 6.45) is 0. The van der Waals surface area contributed by atoms with Crippen LogP contribution in [-0.2, 0) is 16.6 Å². The Hall–Kier alpha value is -1.56. The van der Waals surface area contributed by atoms with Gasteiger partial charge in [-0.25, -0.2) is 9.48 Å². The van der Waals surface area contributed by atoms with Gasteiger partial charge in [0.25, 0.3) is 0 Å². The highest BCUT2D eigenvalue weighted by Crippen LogP contribution is 2.28. The van der Waals surface area contributed by atoms with Crippen molar-refractivity contribution in [2.75, 3.05) is 20.3 Å². The fourth-order valence-corrected chi connectivity index (χ4v) is 1.96. The molecule has 0 fully saturated rings. The standard InChI is InChI=1S/C12H21N3O3/c1-6-13-10(12(16)18-7-2)9-8(3)14-15(4)11(9)17-5/h10,13H,6-7H2,1-5H3. The summed E-state index contributed by atoms with van der Waals surface area (Å²) in [5.41, 5.74) is 1.49. The van der Waals surface area contributed by atoms with Crippen molar-refractivity contribution in [3.8, 4) is 5.88 Å². The molecule has 1 aromatic heterocycles. The molecule has 0 bridgehead atoms. The van der Waals surface area contributed by atoms with Crippen molar-refractivity contribution >= 4 is 5.97 Å². The molecule has 102 valence electrons. The van der Waals surface area contributed by atoms with Crippen molar-refractivity contribution in [3.05, 3.63) is 11.3 Å². The number of ether oxygens (including phenoxy) is 2. The lowest BCUT2D eigenvalue weighted by Gasteiger charge is -2.17. The van der Waals surface area contributed by atoms with Gasteiger partial charge in [0.05, 0.1) is 25.0 Å². The first-order valence-electron chi connectivity index (χ1n) is 6.04. The lowest BCUT2D eigenvalue weighted by Crippen LogP contribution is -2.30. The number of hydrogen-bond donors (Lipinski definition) is 1. The van der Waals surface area contributed by atoms with E-state index in [2.05, 4.69) is 10.4 Å². The van der Waals surface area contributed by atoms with E-state index < -0.39 is 6.04 Å². The van der Waals surface area contributed by atoms with Crippen molar-refractivity contribution in [1.29, 1.82) is 0 Å². The zero-order chi connectivity index (χ0) is 13.7. The van der Waals surface area contributed by atoms with Gasteiger partial charge in [-0.15, -0.1) is 0 Å². The van der Waals surface area contributed by atoms with Crippen LogP contribution in [-0.4, -0.2) is 36.0 Å². The van der Waals surface area contributed by atoms with E-state index in [4.69, 9.17) is 9.47 Å². The molecule has 0 spiro atoms. The molecular weight excluding hydrogens is 234 g/mol. The maximum absolute atomic E-state index is 12.0. The van der Waals surface area contributed by atoms with Gasteiger partial charge in [0.1, 0.15) is 6.04 Å². The van der Waals surface area contributed by atoms with Crippen LogP contribution in [0, 0.1) is 6.92 Å². The Bertz CT molecular complexity index is 415. The molecule has 6 nitrogen and oxygen atoms in total. The van der Waals surface area contributed by atoms with Crippen molar-refractivity contribution in [2.45, 2.75) is 26.8 Å². The van der Waals surface area contributed by atoms with Gasteiger partial charge in [-0.1, -0.05) is 6.92 Å². The van der Waals surface area contributed by atoms with E-state index in [0.29, 0.717) is 19.0 Å². The third-order valence-electron chi connectivity index (χ3n) is 2.63. The van der Waals surface area contributed by atoms with Crippen LogP contribution in [0.1, 0.15) is 31.1 Å². The molecule has 1 rings (SSSR count). The second kappa shape index (κ2) is 6.39. The normalized spacial score (nSPS) is 12.3. The molecule has 0 radical (unpaired) electrons. The van der Waals surface area contributed by atoms with E-state index in [0.717, 1.165) is 11.3 Å². The van der Waals surface area contributed by atoms with Gasteiger partial charge in [-0.2, -0.15) is 5.10 Å². The van der Waals surface area contributed by atoms with Crippen molar-refractivity contribution in [2.24, 2.45) is 7.05 Å². The van der Waals surface area contributed by atoms with Gasteiger partial charge in [0.2, 0.25) is 5.88 Å². The Morgan fingerprint density at radius 3 is 2.67 bits per heavy atom. The third kappa shape index (κ3) is 2.81. The van der Waals surface area contributed by atoms with E-state index in [1.54, 1.807) is 25.8 Å². The minimum Gasteiger partial charge on any atom is -0.481 e. The molecule has 1 heterocycles. The number of rotatable bonds is 6. The predicted octanol–water partition coefficient (Wildman–Crippen LogP) is 0.951. The van der Waals surface area contributed by atoms with Crippen LogP contribution in [0.4, 0.5) is 0 Å².